The lowest BCUT2D eigenvalue weighted by Gasteiger charge is -2.29. The molecule has 3 aromatic rings. The summed E-state index contributed by atoms with van der Waals surface area (Å²) < 4.78 is 0. The first kappa shape index (κ1) is 17.5. The predicted octanol–water partition coefficient (Wildman–Crippen LogP) is 3.80. The van der Waals surface area contributed by atoms with Gasteiger partial charge in [-0.05, 0) is 50.5 Å². The van der Waals surface area contributed by atoms with Crippen LogP contribution in [0, 0.1) is 6.92 Å². The first-order valence-corrected chi connectivity index (χ1v) is 10.1. The molecule has 1 aromatic carbocycles. The summed E-state index contributed by atoms with van der Waals surface area (Å²) in [5, 5.41) is 1.65. The number of carbonyl (C=O) groups excluding carboxylic acids is 1. The Kier molecular flexibility index (Phi) is 4.23. The van der Waals surface area contributed by atoms with E-state index in [0.717, 1.165) is 54.8 Å². The van der Waals surface area contributed by atoms with Gasteiger partial charge in [0.2, 0.25) is 0 Å². The fourth-order valence-electron chi connectivity index (χ4n) is 4.59. The molecule has 0 spiro atoms. The van der Waals surface area contributed by atoms with Gasteiger partial charge in [-0.3, -0.25) is 4.79 Å². The van der Waals surface area contributed by atoms with Gasteiger partial charge in [-0.2, -0.15) is 0 Å². The number of aromatic amines is 1. The molecule has 2 bridgehead atoms. The Morgan fingerprint density at radius 3 is 2.86 bits per heavy atom. The van der Waals surface area contributed by atoms with E-state index in [0.29, 0.717) is 10.7 Å². The Morgan fingerprint density at radius 2 is 2.00 bits per heavy atom. The number of hydrogen-bond donors (Lipinski definition) is 1. The number of amides is 1. The van der Waals surface area contributed by atoms with E-state index in [-0.39, 0.29) is 18.0 Å². The third-order valence-electron chi connectivity index (χ3n) is 5.94. The Morgan fingerprint density at radius 1 is 1.14 bits per heavy atom. The van der Waals surface area contributed by atoms with Gasteiger partial charge in [0.1, 0.15) is 17.8 Å². The molecule has 1 amide bonds. The highest BCUT2D eigenvalue weighted by Crippen LogP contribution is 2.33. The minimum Gasteiger partial charge on any atom is -0.354 e. The van der Waals surface area contributed by atoms with Crippen LogP contribution in [0.1, 0.15) is 35.4 Å². The first-order chi connectivity index (χ1) is 13.6. The number of hydrogen-bond acceptors (Lipinski definition) is 4. The molecule has 4 heterocycles. The maximum atomic E-state index is 13.4. The van der Waals surface area contributed by atoms with Crippen molar-refractivity contribution in [1.29, 1.82) is 0 Å². The molecular formula is C21H22ClN5O. The van der Waals surface area contributed by atoms with Crippen LogP contribution < -0.4 is 4.90 Å². The summed E-state index contributed by atoms with van der Waals surface area (Å²) in [6, 6.07) is 10.1. The number of anilines is 1. The van der Waals surface area contributed by atoms with Gasteiger partial charge in [-0.25, -0.2) is 9.97 Å². The molecule has 28 heavy (non-hydrogen) atoms. The number of fused-ring (bicyclic) bond motifs is 3. The van der Waals surface area contributed by atoms with Crippen LogP contribution in [0.15, 0.2) is 36.7 Å². The zero-order valence-corrected chi connectivity index (χ0v) is 16.5. The van der Waals surface area contributed by atoms with Crippen LogP contribution >= 0.6 is 11.6 Å². The second kappa shape index (κ2) is 6.78. The van der Waals surface area contributed by atoms with E-state index in [1.807, 2.05) is 37.3 Å². The standard InChI is InChI=1S/C21H22ClN5O/c1-13-8-20(24-12-23-13)26-7-6-16-3-4-17(11-26)27(16)21(28)19-10-14-9-15(22)2-5-18(14)25-19/h2,5,8-10,12,16-17,25H,3-4,6-7,11H2,1H3. The monoisotopic (exact) mass is 395 g/mol. The molecule has 0 aliphatic carbocycles. The van der Waals surface area contributed by atoms with Crippen molar-refractivity contribution in [1.82, 2.24) is 19.9 Å². The summed E-state index contributed by atoms with van der Waals surface area (Å²) in [4.78, 5) is 29.7. The van der Waals surface area contributed by atoms with Crippen LogP contribution in [-0.2, 0) is 0 Å². The van der Waals surface area contributed by atoms with Crippen molar-refractivity contribution in [2.45, 2.75) is 38.3 Å². The second-order valence-electron chi connectivity index (χ2n) is 7.76. The summed E-state index contributed by atoms with van der Waals surface area (Å²) in [6.07, 6.45) is 4.67. The van der Waals surface area contributed by atoms with Crippen LogP contribution in [0.4, 0.5) is 5.82 Å². The number of aromatic nitrogens is 3. The molecule has 2 aromatic heterocycles. The molecular weight excluding hydrogens is 374 g/mol. The van der Waals surface area contributed by atoms with Crippen LogP contribution in [0.3, 0.4) is 0 Å². The normalized spacial score (nSPS) is 21.9. The Bertz CT molecular complexity index is 1050. The van der Waals surface area contributed by atoms with Crippen molar-refractivity contribution in [2.24, 2.45) is 0 Å². The van der Waals surface area contributed by atoms with Crippen molar-refractivity contribution in [2.75, 3.05) is 18.0 Å². The minimum absolute atomic E-state index is 0.0838. The molecule has 2 atom stereocenters. The van der Waals surface area contributed by atoms with Gasteiger partial charge in [0.05, 0.1) is 0 Å². The molecule has 6 nitrogen and oxygen atoms in total. The number of halogens is 1. The number of nitrogens with one attached hydrogen (secondary N) is 1. The Balaban J connectivity index is 1.42. The predicted molar refractivity (Wildman–Crippen MR) is 110 cm³/mol. The van der Waals surface area contributed by atoms with Crippen molar-refractivity contribution in [3.8, 4) is 0 Å². The van der Waals surface area contributed by atoms with Crippen LogP contribution in [0.2, 0.25) is 5.02 Å². The lowest BCUT2D eigenvalue weighted by molar-refractivity contribution is 0.0676. The van der Waals surface area contributed by atoms with Crippen LogP contribution in [0.5, 0.6) is 0 Å². The van der Waals surface area contributed by atoms with Gasteiger partial charge >= 0.3 is 0 Å². The highest BCUT2D eigenvalue weighted by Gasteiger charge is 2.41. The maximum Gasteiger partial charge on any atom is 0.270 e. The van der Waals surface area contributed by atoms with Gasteiger partial charge in [0.15, 0.2) is 0 Å². The third-order valence-corrected chi connectivity index (χ3v) is 6.18. The molecule has 2 fully saturated rings. The molecule has 7 heteroatoms. The molecule has 5 rings (SSSR count). The van der Waals surface area contributed by atoms with E-state index < -0.39 is 0 Å². The van der Waals surface area contributed by atoms with Crippen molar-refractivity contribution in [3.05, 3.63) is 53.1 Å². The fraction of sp³-hybridized carbons (Fsp3) is 0.381. The van der Waals surface area contributed by atoms with Gasteiger partial charge < -0.3 is 14.8 Å². The second-order valence-corrected chi connectivity index (χ2v) is 8.20. The van der Waals surface area contributed by atoms with E-state index >= 15 is 0 Å². The Labute approximate surface area is 168 Å². The first-order valence-electron chi connectivity index (χ1n) is 9.73. The van der Waals surface area contributed by atoms with Gasteiger partial charge in [0.25, 0.3) is 5.91 Å². The van der Waals surface area contributed by atoms with E-state index in [1.54, 1.807) is 6.33 Å². The van der Waals surface area contributed by atoms with Crippen molar-refractivity contribution >= 4 is 34.2 Å². The fourth-order valence-corrected chi connectivity index (χ4v) is 4.77. The summed E-state index contributed by atoms with van der Waals surface area (Å²) >= 11 is 6.09. The highest BCUT2D eigenvalue weighted by molar-refractivity contribution is 6.31. The molecule has 144 valence electrons. The van der Waals surface area contributed by atoms with Gasteiger partial charge in [-0.15, -0.1) is 0 Å². The molecule has 2 unspecified atom stereocenters. The van der Waals surface area contributed by atoms with Crippen LogP contribution in [0.25, 0.3) is 10.9 Å². The van der Waals surface area contributed by atoms with Gasteiger partial charge in [0, 0.05) is 52.9 Å². The number of aryl methyl sites for hydroxylation is 1. The zero-order chi connectivity index (χ0) is 19.3. The average Bonchev–Trinajstić information content (AvgIpc) is 3.21. The maximum absolute atomic E-state index is 13.4. The summed E-state index contributed by atoms with van der Waals surface area (Å²) in [7, 11) is 0. The highest BCUT2D eigenvalue weighted by atomic mass is 35.5. The third kappa shape index (κ3) is 3.02. The largest absolute Gasteiger partial charge is 0.354 e. The lowest BCUT2D eigenvalue weighted by Crippen LogP contribution is -2.43. The number of H-pyrrole nitrogens is 1. The minimum atomic E-state index is 0.0838. The molecule has 1 N–H and O–H groups in total. The number of carbonyl (C=O) groups is 1. The van der Waals surface area contributed by atoms with E-state index in [1.165, 1.54) is 0 Å². The average molecular weight is 396 g/mol. The van der Waals surface area contributed by atoms with Gasteiger partial charge in [-0.1, -0.05) is 11.6 Å². The number of nitrogens with zero attached hydrogens (tertiary/aromatic N) is 4. The van der Waals surface area contributed by atoms with Crippen molar-refractivity contribution in [3.63, 3.8) is 0 Å². The molecule has 2 saturated heterocycles. The SMILES string of the molecule is Cc1cc(N2CCC3CCC(C2)N3C(=O)c2cc3cc(Cl)ccc3[nH]2)ncn1. The summed E-state index contributed by atoms with van der Waals surface area (Å²) in [6.45, 7) is 3.70. The van der Waals surface area contributed by atoms with E-state index in [2.05, 4.69) is 24.8 Å². The van der Waals surface area contributed by atoms with E-state index in [9.17, 15) is 4.79 Å². The lowest BCUT2D eigenvalue weighted by atomic mass is 10.1. The van der Waals surface area contributed by atoms with E-state index in [4.69, 9.17) is 11.6 Å². The molecule has 0 radical (unpaired) electrons. The summed E-state index contributed by atoms with van der Waals surface area (Å²) in [5.74, 6) is 1.04. The Hall–Kier alpha value is -2.60. The van der Waals surface area contributed by atoms with Crippen LogP contribution in [-0.4, -0.2) is 50.9 Å². The molecule has 2 aliphatic heterocycles. The smallest absolute Gasteiger partial charge is 0.270 e. The summed E-state index contributed by atoms with van der Waals surface area (Å²) in [5.41, 5.74) is 2.54. The quantitative estimate of drug-likeness (QED) is 0.716. The number of benzene rings is 1. The van der Waals surface area contributed by atoms with Crippen molar-refractivity contribution < 1.29 is 4.79 Å². The molecule has 0 saturated carbocycles. The zero-order valence-electron chi connectivity index (χ0n) is 15.7. The number of rotatable bonds is 2. The topological polar surface area (TPSA) is 65.1 Å². The molecule has 2 aliphatic rings.